The van der Waals surface area contributed by atoms with E-state index < -0.39 is 0 Å². The van der Waals surface area contributed by atoms with Crippen LogP contribution in [0.4, 0.5) is 5.69 Å². The lowest BCUT2D eigenvalue weighted by atomic mass is 9.98. The van der Waals surface area contributed by atoms with Crippen molar-refractivity contribution in [3.05, 3.63) is 72.3 Å². The average molecular weight is 377 g/mol. The number of benzene rings is 2. The van der Waals surface area contributed by atoms with Gasteiger partial charge in [-0.2, -0.15) is 0 Å². The Morgan fingerprint density at radius 2 is 1.57 bits per heavy atom. The van der Waals surface area contributed by atoms with E-state index in [9.17, 15) is 4.79 Å². The van der Waals surface area contributed by atoms with E-state index in [1.165, 1.54) is 21.7 Å². The van der Waals surface area contributed by atoms with E-state index in [2.05, 4.69) is 77.4 Å². The van der Waals surface area contributed by atoms with Crippen molar-refractivity contribution < 1.29 is 9.69 Å². The predicted molar refractivity (Wildman–Crippen MR) is 114 cm³/mol. The van der Waals surface area contributed by atoms with Crippen LogP contribution >= 0.6 is 0 Å². The number of nitrogens with zero attached hydrogens (tertiary/aromatic N) is 2. The summed E-state index contributed by atoms with van der Waals surface area (Å²) < 4.78 is 0. The first-order valence-corrected chi connectivity index (χ1v) is 10.4. The maximum Gasteiger partial charge on any atom is 0.280 e. The fraction of sp³-hybridized carbons (Fsp3) is 0.375. The minimum atomic E-state index is 0.0249. The predicted octanol–water partition coefficient (Wildman–Crippen LogP) is 2.10. The summed E-state index contributed by atoms with van der Waals surface area (Å²) in [7, 11) is 0. The maximum absolute atomic E-state index is 13.1. The fourth-order valence-electron chi connectivity index (χ4n) is 4.33. The summed E-state index contributed by atoms with van der Waals surface area (Å²) in [6.45, 7) is 7.51. The van der Waals surface area contributed by atoms with Gasteiger partial charge in [-0.25, -0.2) is 0 Å². The average Bonchev–Trinajstić information content (AvgIpc) is 2.79. The summed E-state index contributed by atoms with van der Waals surface area (Å²) in [6, 6.07) is 21.1. The molecular weight excluding hydrogens is 346 g/mol. The van der Waals surface area contributed by atoms with Crippen molar-refractivity contribution in [2.24, 2.45) is 0 Å². The van der Waals surface area contributed by atoms with Crippen molar-refractivity contribution in [3.8, 4) is 0 Å². The molecule has 0 aliphatic carbocycles. The molecule has 1 saturated heterocycles. The van der Waals surface area contributed by atoms with Gasteiger partial charge in [0.2, 0.25) is 0 Å². The zero-order valence-corrected chi connectivity index (χ0v) is 16.7. The molecule has 1 N–H and O–H groups in total. The Morgan fingerprint density at radius 3 is 2.18 bits per heavy atom. The smallest absolute Gasteiger partial charge is 0.280 e. The molecule has 2 heterocycles. The molecule has 2 aliphatic rings. The maximum atomic E-state index is 13.1. The molecule has 28 heavy (non-hydrogen) atoms. The Bertz CT molecular complexity index is 810. The lowest BCUT2D eigenvalue weighted by Crippen LogP contribution is -3.17. The summed E-state index contributed by atoms with van der Waals surface area (Å²) in [6.07, 6.45) is 3.37. The van der Waals surface area contributed by atoms with Gasteiger partial charge in [-0.1, -0.05) is 48.5 Å². The first kappa shape index (κ1) is 18.8. The van der Waals surface area contributed by atoms with E-state index in [0.717, 1.165) is 45.7 Å². The van der Waals surface area contributed by atoms with Crippen molar-refractivity contribution in [1.29, 1.82) is 0 Å². The van der Waals surface area contributed by atoms with Crippen molar-refractivity contribution in [2.45, 2.75) is 19.4 Å². The number of quaternary nitrogens is 1. The lowest BCUT2D eigenvalue weighted by Gasteiger charge is -2.38. The molecule has 0 bridgehead atoms. The Balaban J connectivity index is 1.31. The minimum Gasteiger partial charge on any atom is -0.368 e. The molecule has 2 aliphatic heterocycles. The van der Waals surface area contributed by atoms with Crippen molar-refractivity contribution in [3.63, 3.8) is 0 Å². The monoisotopic (exact) mass is 376 g/mol. The van der Waals surface area contributed by atoms with Crippen LogP contribution in [-0.4, -0.2) is 56.1 Å². The number of amides is 1. The van der Waals surface area contributed by atoms with Gasteiger partial charge < -0.3 is 14.7 Å². The first-order valence-electron chi connectivity index (χ1n) is 10.4. The van der Waals surface area contributed by atoms with Crippen LogP contribution in [-0.2, 0) is 4.79 Å². The van der Waals surface area contributed by atoms with Crippen LogP contribution in [0.5, 0.6) is 0 Å². The van der Waals surface area contributed by atoms with Gasteiger partial charge in [-0.15, -0.1) is 0 Å². The van der Waals surface area contributed by atoms with E-state index in [4.69, 9.17) is 0 Å². The van der Waals surface area contributed by atoms with Crippen molar-refractivity contribution in [2.75, 3.05) is 44.2 Å². The highest BCUT2D eigenvalue weighted by Gasteiger charge is 2.32. The molecule has 2 aromatic carbocycles. The second-order valence-corrected chi connectivity index (χ2v) is 7.83. The van der Waals surface area contributed by atoms with E-state index >= 15 is 0 Å². The number of hydrogen-bond donors (Lipinski definition) is 1. The number of carbonyl (C=O) groups is 1. The summed E-state index contributed by atoms with van der Waals surface area (Å²) in [5.74, 6) is 0.305. The molecule has 4 rings (SSSR count). The molecule has 0 spiro atoms. The van der Waals surface area contributed by atoms with Gasteiger partial charge >= 0.3 is 0 Å². The van der Waals surface area contributed by atoms with Crippen LogP contribution in [0.1, 0.15) is 18.9 Å². The van der Waals surface area contributed by atoms with E-state index in [-0.39, 0.29) is 6.04 Å². The molecule has 4 heteroatoms. The van der Waals surface area contributed by atoms with Gasteiger partial charge in [-0.05, 0) is 36.3 Å². The molecule has 2 atom stereocenters. The van der Waals surface area contributed by atoms with Crippen molar-refractivity contribution in [1.82, 2.24) is 4.90 Å². The second kappa shape index (κ2) is 8.61. The normalized spacial score (nSPS) is 21.2. The highest BCUT2D eigenvalue weighted by Crippen LogP contribution is 2.18. The van der Waals surface area contributed by atoms with Gasteiger partial charge in [0.15, 0.2) is 6.04 Å². The molecule has 2 aromatic rings. The van der Waals surface area contributed by atoms with Crippen LogP contribution in [0.2, 0.25) is 0 Å². The first-order chi connectivity index (χ1) is 13.7. The van der Waals surface area contributed by atoms with Crippen LogP contribution in [0, 0.1) is 0 Å². The summed E-state index contributed by atoms with van der Waals surface area (Å²) >= 11 is 0. The van der Waals surface area contributed by atoms with Gasteiger partial charge in [0, 0.05) is 38.3 Å². The highest BCUT2D eigenvalue weighted by molar-refractivity contribution is 5.80. The molecule has 1 fully saturated rings. The zero-order chi connectivity index (χ0) is 19.3. The quantitative estimate of drug-likeness (QED) is 0.885. The molecule has 4 nitrogen and oxygen atoms in total. The van der Waals surface area contributed by atoms with E-state index in [0.29, 0.717) is 5.91 Å². The highest BCUT2D eigenvalue weighted by atomic mass is 16.2. The third-order valence-corrected chi connectivity index (χ3v) is 6.17. The second-order valence-electron chi connectivity index (χ2n) is 7.83. The molecule has 0 radical (unpaired) electrons. The summed E-state index contributed by atoms with van der Waals surface area (Å²) in [5, 5.41) is 0. The number of nitrogens with one attached hydrogen (secondary N) is 1. The number of anilines is 1. The number of piperazine rings is 1. The Kier molecular flexibility index (Phi) is 5.77. The fourth-order valence-corrected chi connectivity index (χ4v) is 4.33. The lowest BCUT2D eigenvalue weighted by molar-refractivity contribution is -0.909. The van der Waals surface area contributed by atoms with E-state index in [1.807, 2.05) is 6.07 Å². The van der Waals surface area contributed by atoms with Crippen molar-refractivity contribution >= 4 is 17.2 Å². The van der Waals surface area contributed by atoms with Crippen LogP contribution in [0.15, 0.2) is 66.7 Å². The largest absolute Gasteiger partial charge is 0.368 e. The standard InChI is InChI=1S/C24H29N3O/c1-20(25-14-12-22(13-15-25)21-8-4-2-5-9-21)24(28)27-18-16-26(17-19-27)23-10-6-3-7-11-23/h2-12,20H,13-19H2,1H3/p+1/t20-/m0/s1. The van der Waals surface area contributed by atoms with Gasteiger partial charge in [0.25, 0.3) is 5.91 Å². The topological polar surface area (TPSA) is 28.0 Å². The number of carbonyl (C=O) groups excluding carboxylic acids is 1. The molecule has 1 unspecified atom stereocenters. The van der Waals surface area contributed by atoms with E-state index in [1.54, 1.807) is 0 Å². The minimum absolute atomic E-state index is 0.0249. The van der Waals surface area contributed by atoms with Crippen LogP contribution in [0.3, 0.4) is 0 Å². The summed E-state index contributed by atoms with van der Waals surface area (Å²) in [4.78, 5) is 18.9. The van der Waals surface area contributed by atoms with Gasteiger partial charge in [0.05, 0.1) is 13.1 Å². The van der Waals surface area contributed by atoms with Gasteiger partial charge in [-0.3, -0.25) is 4.79 Å². The van der Waals surface area contributed by atoms with Gasteiger partial charge in [0.1, 0.15) is 0 Å². The Labute approximate surface area is 168 Å². The number of rotatable bonds is 4. The number of para-hydroxylation sites is 1. The number of hydrogen-bond acceptors (Lipinski definition) is 2. The third kappa shape index (κ3) is 4.12. The Morgan fingerprint density at radius 1 is 0.929 bits per heavy atom. The Hall–Kier alpha value is -2.59. The van der Waals surface area contributed by atoms with Crippen LogP contribution < -0.4 is 9.80 Å². The molecule has 1 amide bonds. The molecular formula is C24H30N3O+. The van der Waals surface area contributed by atoms with Crippen LogP contribution in [0.25, 0.3) is 5.57 Å². The molecule has 146 valence electrons. The zero-order valence-electron chi connectivity index (χ0n) is 16.7. The third-order valence-electron chi connectivity index (χ3n) is 6.17. The summed E-state index contributed by atoms with van der Waals surface area (Å²) in [5.41, 5.74) is 3.99. The SMILES string of the molecule is C[C@@H](C(=O)N1CCN(c2ccccc2)CC1)[NH+]1CC=C(c2ccccc2)CC1. The molecule has 0 saturated carbocycles. The molecule has 0 aromatic heterocycles.